The molecule has 1 amide bonds. The fourth-order valence-corrected chi connectivity index (χ4v) is 4.63. The third-order valence-electron chi connectivity index (χ3n) is 5.87. The Morgan fingerprint density at radius 1 is 1.17 bits per heavy atom. The Bertz CT molecular complexity index is 460. The van der Waals surface area contributed by atoms with Gasteiger partial charge in [0.2, 0.25) is 5.91 Å². The van der Waals surface area contributed by atoms with Crippen LogP contribution >= 0.6 is 0 Å². The van der Waals surface area contributed by atoms with Crippen LogP contribution in [0.2, 0.25) is 0 Å². The highest BCUT2D eigenvalue weighted by atomic mass is 16.5. The highest BCUT2D eigenvalue weighted by molar-refractivity contribution is 5.79. The molecule has 0 radical (unpaired) electrons. The summed E-state index contributed by atoms with van der Waals surface area (Å²) in [7, 11) is 0. The van der Waals surface area contributed by atoms with Crippen molar-refractivity contribution in [2.75, 3.05) is 19.7 Å². The molecule has 2 saturated heterocycles. The molecule has 5 heteroatoms. The monoisotopic (exact) mass is 337 g/mol. The summed E-state index contributed by atoms with van der Waals surface area (Å²) in [5, 5.41) is 0. The molecule has 3 rings (SSSR count). The summed E-state index contributed by atoms with van der Waals surface area (Å²) in [6.45, 7) is 3.90. The van der Waals surface area contributed by atoms with Gasteiger partial charge in [-0.1, -0.05) is 12.8 Å². The Hall–Kier alpha value is -1.10. The second-order valence-electron chi connectivity index (χ2n) is 7.65. The van der Waals surface area contributed by atoms with E-state index in [1.807, 2.05) is 6.92 Å². The number of likely N-dealkylation sites (tertiary alicyclic amines) is 1. The van der Waals surface area contributed by atoms with Crippen LogP contribution in [0.3, 0.4) is 0 Å². The van der Waals surface area contributed by atoms with Gasteiger partial charge < -0.3 is 14.4 Å². The first-order chi connectivity index (χ1) is 11.6. The molecular formula is C19H31NO4. The number of carbonyl (C=O) groups is 2. The van der Waals surface area contributed by atoms with Gasteiger partial charge in [0.25, 0.3) is 0 Å². The molecule has 0 unspecified atom stereocenters. The Kier molecular flexibility index (Phi) is 5.80. The van der Waals surface area contributed by atoms with E-state index < -0.39 is 0 Å². The third kappa shape index (κ3) is 4.11. The van der Waals surface area contributed by atoms with Gasteiger partial charge in [0.1, 0.15) is 0 Å². The summed E-state index contributed by atoms with van der Waals surface area (Å²) < 4.78 is 11.4. The summed E-state index contributed by atoms with van der Waals surface area (Å²) in [6.07, 6.45) is 9.88. The fraction of sp³-hybridized carbons (Fsp3) is 0.895. The van der Waals surface area contributed by atoms with Gasteiger partial charge >= 0.3 is 5.97 Å². The van der Waals surface area contributed by atoms with Crippen molar-refractivity contribution in [2.24, 2.45) is 5.92 Å². The zero-order valence-electron chi connectivity index (χ0n) is 14.9. The maximum absolute atomic E-state index is 12.7. The normalized spacial score (nSPS) is 30.9. The second kappa shape index (κ2) is 7.85. The van der Waals surface area contributed by atoms with E-state index in [1.165, 1.54) is 12.8 Å². The van der Waals surface area contributed by atoms with Crippen molar-refractivity contribution in [1.82, 2.24) is 4.90 Å². The number of hydrogen-bond donors (Lipinski definition) is 0. The van der Waals surface area contributed by atoms with Crippen LogP contribution in [0, 0.1) is 5.92 Å². The van der Waals surface area contributed by atoms with E-state index in [0.29, 0.717) is 18.9 Å². The standard InChI is InChI=1S/C19H31NO4/c1-2-23-17(21)9-8-16-10-12-19(24-16)11-5-13-20(14-19)18(22)15-6-3-4-7-15/h15-16H,2-14H2,1H3/t16-,19+/m1/s1. The van der Waals surface area contributed by atoms with E-state index in [-0.39, 0.29) is 23.6 Å². The second-order valence-corrected chi connectivity index (χ2v) is 7.65. The maximum Gasteiger partial charge on any atom is 0.305 e. The molecule has 0 bridgehead atoms. The molecule has 0 aromatic heterocycles. The van der Waals surface area contributed by atoms with E-state index in [9.17, 15) is 9.59 Å². The summed E-state index contributed by atoms with van der Waals surface area (Å²) in [5.74, 6) is 0.468. The van der Waals surface area contributed by atoms with Crippen LogP contribution in [0.15, 0.2) is 0 Å². The van der Waals surface area contributed by atoms with Gasteiger partial charge in [-0.3, -0.25) is 9.59 Å². The van der Waals surface area contributed by atoms with Crippen LogP contribution in [0.5, 0.6) is 0 Å². The molecule has 5 nitrogen and oxygen atoms in total. The fourth-order valence-electron chi connectivity index (χ4n) is 4.63. The van der Waals surface area contributed by atoms with Gasteiger partial charge in [0.05, 0.1) is 18.3 Å². The molecule has 1 aliphatic carbocycles. The molecule has 1 spiro atoms. The first-order valence-electron chi connectivity index (χ1n) is 9.74. The van der Waals surface area contributed by atoms with E-state index >= 15 is 0 Å². The van der Waals surface area contributed by atoms with Crippen molar-refractivity contribution in [1.29, 1.82) is 0 Å². The molecule has 2 aliphatic heterocycles. The van der Waals surface area contributed by atoms with E-state index in [1.54, 1.807) is 0 Å². The number of piperidine rings is 1. The van der Waals surface area contributed by atoms with E-state index in [2.05, 4.69) is 4.90 Å². The average molecular weight is 337 g/mol. The molecule has 3 fully saturated rings. The lowest BCUT2D eigenvalue weighted by atomic mass is 9.89. The number of ether oxygens (including phenoxy) is 2. The number of nitrogens with zero attached hydrogens (tertiary/aromatic N) is 1. The predicted molar refractivity (Wildman–Crippen MR) is 90.5 cm³/mol. The van der Waals surface area contributed by atoms with Crippen LogP contribution in [0.25, 0.3) is 0 Å². The number of carbonyl (C=O) groups excluding carboxylic acids is 2. The summed E-state index contributed by atoms with van der Waals surface area (Å²) in [4.78, 5) is 26.3. The molecule has 2 heterocycles. The zero-order chi connectivity index (χ0) is 17.0. The largest absolute Gasteiger partial charge is 0.466 e. The Labute approximate surface area is 145 Å². The summed E-state index contributed by atoms with van der Waals surface area (Å²) in [6, 6.07) is 0. The number of hydrogen-bond acceptors (Lipinski definition) is 4. The molecule has 136 valence electrons. The number of rotatable bonds is 5. The van der Waals surface area contributed by atoms with Crippen molar-refractivity contribution in [3.05, 3.63) is 0 Å². The molecule has 1 saturated carbocycles. The molecular weight excluding hydrogens is 306 g/mol. The van der Waals surface area contributed by atoms with Gasteiger partial charge in [-0.25, -0.2) is 0 Å². The minimum Gasteiger partial charge on any atom is -0.466 e. The molecule has 3 aliphatic rings. The lowest BCUT2D eigenvalue weighted by molar-refractivity contribution is -0.147. The van der Waals surface area contributed by atoms with Crippen LogP contribution in [-0.4, -0.2) is 48.2 Å². The van der Waals surface area contributed by atoms with Crippen molar-refractivity contribution in [2.45, 2.75) is 82.8 Å². The molecule has 0 aromatic carbocycles. The number of esters is 1. The van der Waals surface area contributed by atoms with Gasteiger partial charge in [-0.2, -0.15) is 0 Å². The van der Waals surface area contributed by atoms with Gasteiger partial charge in [0, 0.05) is 25.4 Å². The van der Waals surface area contributed by atoms with Crippen molar-refractivity contribution >= 4 is 11.9 Å². The maximum atomic E-state index is 12.7. The van der Waals surface area contributed by atoms with Gasteiger partial charge in [-0.15, -0.1) is 0 Å². The third-order valence-corrected chi connectivity index (χ3v) is 5.87. The Morgan fingerprint density at radius 2 is 1.96 bits per heavy atom. The quantitative estimate of drug-likeness (QED) is 0.724. The average Bonchev–Trinajstić information content (AvgIpc) is 3.23. The molecule has 2 atom stereocenters. The molecule has 0 aromatic rings. The number of amides is 1. The van der Waals surface area contributed by atoms with Crippen LogP contribution in [-0.2, 0) is 19.1 Å². The van der Waals surface area contributed by atoms with Crippen molar-refractivity contribution in [3.63, 3.8) is 0 Å². The smallest absolute Gasteiger partial charge is 0.305 e. The first kappa shape index (κ1) is 17.7. The minimum absolute atomic E-state index is 0.135. The topological polar surface area (TPSA) is 55.8 Å². The lowest BCUT2D eigenvalue weighted by Crippen LogP contribution is -2.51. The minimum atomic E-state index is -0.161. The van der Waals surface area contributed by atoms with E-state index in [4.69, 9.17) is 9.47 Å². The Balaban J connectivity index is 1.50. The Morgan fingerprint density at radius 3 is 2.71 bits per heavy atom. The summed E-state index contributed by atoms with van der Waals surface area (Å²) in [5.41, 5.74) is -0.161. The lowest BCUT2D eigenvalue weighted by Gasteiger charge is -2.41. The van der Waals surface area contributed by atoms with Crippen LogP contribution in [0.1, 0.15) is 71.1 Å². The molecule has 24 heavy (non-hydrogen) atoms. The van der Waals surface area contributed by atoms with Gasteiger partial charge in [0.15, 0.2) is 0 Å². The first-order valence-corrected chi connectivity index (χ1v) is 9.74. The van der Waals surface area contributed by atoms with Crippen LogP contribution < -0.4 is 0 Å². The zero-order valence-corrected chi connectivity index (χ0v) is 14.9. The summed E-state index contributed by atoms with van der Waals surface area (Å²) >= 11 is 0. The highest BCUT2D eigenvalue weighted by Gasteiger charge is 2.45. The van der Waals surface area contributed by atoms with Gasteiger partial charge in [-0.05, 0) is 51.9 Å². The van der Waals surface area contributed by atoms with E-state index in [0.717, 1.165) is 58.0 Å². The van der Waals surface area contributed by atoms with Crippen molar-refractivity contribution < 1.29 is 19.1 Å². The van der Waals surface area contributed by atoms with Crippen LogP contribution in [0.4, 0.5) is 0 Å². The highest BCUT2D eigenvalue weighted by Crippen LogP contribution is 2.40. The predicted octanol–water partition coefficient (Wildman–Crippen LogP) is 3.06. The van der Waals surface area contributed by atoms with Crippen molar-refractivity contribution in [3.8, 4) is 0 Å². The SMILES string of the molecule is CCOC(=O)CC[C@@H]1CC[C@]2(CCCN(C(=O)C3CCCC3)C2)O1. The molecule has 0 N–H and O–H groups in total.